The fourth-order valence-electron chi connectivity index (χ4n) is 2.48. The van der Waals surface area contributed by atoms with Gasteiger partial charge in [-0.1, -0.05) is 19.1 Å². The van der Waals surface area contributed by atoms with E-state index in [2.05, 4.69) is 23.6 Å². The molecule has 20 heavy (non-hydrogen) atoms. The molecule has 0 bridgehead atoms. The zero-order valence-electron chi connectivity index (χ0n) is 12.3. The fourth-order valence-corrected chi connectivity index (χ4v) is 3.60. The summed E-state index contributed by atoms with van der Waals surface area (Å²) in [5.41, 5.74) is 1.15. The summed E-state index contributed by atoms with van der Waals surface area (Å²) in [7, 11) is -1.25. The van der Waals surface area contributed by atoms with Crippen molar-refractivity contribution in [3.63, 3.8) is 0 Å². The number of benzene rings is 1. The third kappa shape index (κ3) is 4.04. The van der Waals surface area contributed by atoms with Crippen molar-refractivity contribution in [3.8, 4) is 0 Å². The highest BCUT2D eigenvalue weighted by Crippen LogP contribution is 2.16. The van der Waals surface area contributed by atoms with Crippen LogP contribution in [0, 0.1) is 5.92 Å². The summed E-state index contributed by atoms with van der Waals surface area (Å²) in [6.07, 6.45) is 3.05. The zero-order valence-corrected chi connectivity index (χ0v) is 13.1. The van der Waals surface area contributed by atoms with Gasteiger partial charge in [0.2, 0.25) is 10.0 Å². The molecule has 5 heteroatoms. The van der Waals surface area contributed by atoms with Gasteiger partial charge in [-0.2, -0.15) is 0 Å². The number of hydrogen-bond donors (Lipinski definition) is 1. The van der Waals surface area contributed by atoms with Crippen molar-refractivity contribution in [2.45, 2.75) is 31.1 Å². The molecule has 1 N–H and O–H groups in total. The van der Waals surface area contributed by atoms with Crippen molar-refractivity contribution >= 4 is 10.0 Å². The minimum atomic E-state index is -3.36. The molecule has 2 rings (SSSR count). The maximum atomic E-state index is 12.2. The Kier molecular flexibility index (Phi) is 5.18. The first-order valence-electron chi connectivity index (χ1n) is 7.28. The van der Waals surface area contributed by atoms with Crippen LogP contribution >= 0.6 is 0 Å². The van der Waals surface area contributed by atoms with Crippen LogP contribution in [0.5, 0.6) is 0 Å². The lowest BCUT2D eigenvalue weighted by Gasteiger charge is -2.28. The Morgan fingerprint density at radius 2 is 1.80 bits per heavy atom. The Bertz CT molecular complexity index is 517. The molecule has 0 aliphatic carbocycles. The molecule has 1 heterocycles. The number of hydrogen-bond acceptors (Lipinski definition) is 3. The summed E-state index contributed by atoms with van der Waals surface area (Å²) in [6.45, 7) is 4.71. The zero-order chi connectivity index (χ0) is 14.6. The van der Waals surface area contributed by atoms with E-state index in [0.717, 1.165) is 37.9 Å². The summed E-state index contributed by atoms with van der Waals surface area (Å²) in [6, 6.07) is 7.14. The van der Waals surface area contributed by atoms with E-state index in [-0.39, 0.29) is 0 Å². The Morgan fingerprint density at radius 1 is 1.20 bits per heavy atom. The Hall–Kier alpha value is -0.910. The molecule has 112 valence electrons. The van der Waals surface area contributed by atoms with Crippen molar-refractivity contribution in [1.82, 2.24) is 9.62 Å². The first-order valence-corrected chi connectivity index (χ1v) is 8.76. The normalized spacial score (nSPS) is 18.3. The second-order valence-electron chi connectivity index (χ2n) is 5.60. The summed E-state index contributed by atoms with van der Waals surface area (Å²) in [5, 5.41) is 0. The molecule has 0 aromatic heterocycles. The molecule has 0 saturated carbocycles. The molecule has 1 fully saturated rings. The highest BCUT2D eigenvalue weighted by molar-refractivity contribution is 7.89. The summed E-state index contributed by atoms with van der Waals surface area (Å²) < 4.78 is 27.2. The first kappa shape index (κ1) is 15.5. The molecule has 0 spiro atoms. The molecule has 1 aliphatic rings. The van der Waals surface area contributed by atoms with Gasteiger partial charge in [-0.3, -0.25) is 0 Å². The number of nitrogens with zero attached hydrogens (tertiary/aromatic N) is 1. The number of rotatable bonds is 5. The van der Waals surface area contributed by atoms with Crippen molar-refractivity contribution in [3.05, 3.63) is 29.8 Å². The van der Waals surface area contributed by atoms with Crippen LogP contribution < -0.4 is 4.72 Å². The molecular weight excluding hydrogens is 272 g/mol. The van der Waals surface area contributed by atoms with Gasteiger partial charge in [0.05, 0.1) is 4.90 Å². The third-order valence-electron chi connectivity index (χ3n) is 4.04. The van der Waals surface area contributed by atoms with Gasteiger partial charge < -0.3 is 4.90 Å². The van der Waals surface area contributed by atoms with Crippen LogP contribution in [0.2, 0.25) is 0 Å². The lowest BCUT2D eigenvalue weighted by atomic mass is 9.98. The molecule has 0 radical (unpaired) electrons. The van der Waals surface area contributed by atoms with Crippen LogP contribution in [-0.2, 0) is 16.4 Å². The standard InChI is InChI=1S/C15H24N2O2S/c1-3-13-4-6-15(7-5-13)20(18,19)16-12-14-8-10-17(2)11-9-14/h4-7,14,16H,3,8-12H2,1-2H3. The molecule has 1 aromatic rings. The highest BCUT2D eigenvalue weighted by atomic mass is 32.2. The van der Waals surface area contributed by atoms with Crippen LogP contribution in [0.1, 0.15) is 25.3 Å². The van der Waals surface area contributed by atoms with Gasteiger partial charge in [-0.05, 0) is 63.0 Å². The van der Waals surface area contributed by atoms with Gasteiger partial charge in [0.15, 0.2) is 0 Å². The van der Waals surface area contributed by atoms with E-state index in [1.165, 1.54) is 0 Å². The topological polar surface area (TPSA) is 49.4 Å². The van der Waals surface area contributed by atoms with Gasteiger partial charge >= 0.3 is 0 Å². The van der Waals surface area contributed by atoms with E-state index in [1.807, 2.05) is 12.1 Å². The largest absolute Gasteiger partial charge is 0.306 e. The van der Waals surface area contributed by atoms with Crippen molar-refractivity contribution in [2.24, 2.45) is 5.92 Å². The molecule has 1 aromatic carbocycles. The monoisotopic (exact) mass is 296 g/mol. The number of likely N-dealkylation sites (tertiary alicyclic amines) is 1. The molecule has 0 amide bonds. The maximum Gasteiger partial charge on any atom is 0.240 e. The van der Waals surface area contributed by atoms with Gasteiger partial charge in [0, 0.05) is 6.54 Å². The average Bonchev–Trinajstić information content (AvgIpc) is 2.47. The van der Waals surface area contributed by atoms with Crippen LogP contribution in [0.15, 0.2) is 29.2 Å². The predicted octanol–water partition coefficient (Wildman–Crippen LogP) is 1.87. The summed E-state index contributed by atoms with van der Waals surface area (Å²) >= 11 is 0. The van der Waals surface area contributed by atoms with Gasteiger partial charge in [-0.15, -0.1) is 0 Å². The Morgan fingerprint density at radius 3 is 2.35 bits per heavy atom. The van der Waals surface area contributed by atoms with E-state index >= 15 is 0 Å². The third-order valence-corrected chi connectivity index (χ3v) is 5.48. The van der Waals surface area contributed by atoms with E-state index in [0.29, 0.717) is 17.4 Å². The molecular formula is C15H24N2O2S. The summed E-state index contributed by atoms with van der Waals surface area (Å²) in [5.74, 6) is 0.455. The number of aryl methyl sites for hydroxylation is 1. The van der Waals surface area contributed by atoms with Crippen molar-refractivity contribution in [1.29, 1.82) is 0 Å². The molecule has 0 unspecified atom stereocenters. The van der Waals surface area contributed by atoms with Crippen molar-refractivity contribution in [2.75, 3.05) is 26.7 Å². The number of nitrogens with one attached hydrogen (secondary N) is 1. The lowest BCUT2D eigenvalue weighted by Crippen LogP contribution is -2.36. The summed E-state index contributed by atoms with van der Waals surface area (Å²) in [4.78, 5) is 2.65. The quantitative estimate of drug-likeness (QED) is 0.902. The smallest absolute Gasteiger partial charge is 0.240 e. The van der Waals surface area contributed by atoms with Crippen LogP contribution in [0.4, 0.5) is 0 Å². The van der Waals surface area contributed by atoms with Gasteiger partial charge in [0.25, 0.3) is 0 Å². The van der Waals surface area contributed by atoms with E-state index in [1.54, 1.807) is 12.1 Å². The van der Waals surface area contributed by atoms with Gasteiger partial charge in [-0.25, -0.2) is 13.1 Å². The second-order valence-corrected chi connectivity index (χ2v) is 7.36. The number of sulfonamides is 1. The minimum absolute atomic E-state index is 0.364. The van der Waals surface area contributed by atoms with Crippen LogP contribution in [0.3, 0.4) is 0 Å². The van der Waals surface area contributed by atoms with Gasteiger partial charge in [0.1, 0.15) is 0 Å². The molecule has 1 saturated heterocycles. The number of piperidine rings is 1. The second kappa shape index (κ2) is 6.70. The van der Waals surface area contributed by atoms with Crippen LogP contribution in [0.25, 0.3) is 0 Å². The predicted molar refractivity (Wildman–Crippen MR) is 81.2 cm³/mol. The first-order chi connectivity index (χ1) is 9.51. The van der Waals surface area contributed by atoms with Crippen LogP contribution in [-0.4, -0.2) is 40.0 Å². The molecule has 4 nitrogen and oxygen atoms in total. The highest BCUT2D eigenvalue weighted by Gasteiger charge is 2.20. The Balaban J connectivity index is 1.93. The fraction of sp³-hybridized carbons (Fsp3) is 0.600. The minimum Gasteiger partial charge on any atom is -0.306 e. The average molecular weight is 296 g/mol. The lowest BCUT2D eigenvalue weighted by molar-refractivity contribution is 0.220. The Labute approximate surface area is 122 Å². The maximum absolute atomic E-state index is 12.2. The SMILES string of the molecule is CCc1ccc(S(=O)(=O)NCC2CCN(C)CC2)cc1. The van der Waals surface area contributed by atoms with E-state index < -0.39 is 10.0 Å². The van der Waals surface area contributed by atoms with Crippen molar-refractivity contribution < 1.29 is 8.42 Å². The van der Waals surface area contributed by atoms with E-state index in [4.69, 9.17) is 0 Å². The van der Waals surface area contributed by atoms with E-state index in [9.17, 15) is 8.42 Å². The molecule has 1 aliphatic heterocycles. The molecule has 0 atom stereocenters.